The van der Waals surface area contributed by atoms with Gasteiger partial charge in [-0.1, -0.05) is 0 Å². The summed E-state index contributed by atoms with van der Waals surface area (Å²) in [4.78, 5) is 2.17. The van der Waals surface area contributed by atoms with Crippen LogP contribution in [0.5, 0.6) is 5.75 Å². The first-order valence-corrected chi connectivity index (χ1v) is 9.37. The van der Waals surface area contributed by atoms with Gasteiger partial charge in [0.25, 0.3) is 0 Å². The van der Waals surface area contributed by atoms with Gasteiger partial charge < -0.3 is 4.74 Å². The van der Waals surface area contributed by atoms with Crippen LogP contribution < -0.4 is 4.74 Å². The Morgan fingerprint density at radius 2 is 2.25 bits per heavy atom. The second-order valence-corrected chi connectivity index (χ2v) is 7.78. The third-order valence-corrected chi connectivity index (χ3v) is 5.76. The first-order chi connectivity index (χ1) is 11.5. The van der Waals surface area contributed by atoms with Gasteiger partial charge in [-0.2, -0.15) is 5.10 Å². The lowest BCUT2D eigenvalue weighted by atomic mass is 10.1. The summed E-state index contributed by atoms with van der Waals surface area (Å²) in [6.45, 7) is 2.95. The molecule has 1 aromatic carbocycles. The summed E-state index contributed by atoms with van der Waals surface area (Å²) >= 11 is 0. The summed E-state index contributed by atoms with van der Waals surface area (Å²) in [5.41, 5.74) is 2.39. The fourth-order valence-corrected chi connectivity index (χ4v) is 4.46. The summed E-state index contributed by atoms with van der Waals surface area (Å²) in [5, 5.41) is 4.21. The molecular formula is C17H22FN3O2S. The van der Waals surface area contributed by atoms with Crippen molar-refractivity contribution in [1.29, 1.82) is 0 Å². The largest absolute Gasteiger partial charge is 0.496 e. The normalized spacial score (nSPS) is 21.8. The minimum atomic E-state index is -0.852. The molecule has 0 spiro atoms. The van der Waals surface area contributed by atoms with E-state index in [1.165, 1.54) is 6.07 Å². The predicted molar refractivity (Wildman–Crippen MR) is 91.9 cm³/mol. The smallest absolute Gasteiger partial charge is 0.128 e. The molecule has 0 radical (unpaired) electrons. The van der Waals surface area contributed by atoms with Gasteiger partial charge in [-0.25, -0.2) is 4.39 Å². The van der Waals surface area contributed by atoms with E-state index in [2.05, 4.69) is 10.00 Å². The Morgan fingerprint density at radius 1 is 1.46 bits per heavy atom. The van der Waals surface area contributed by atoms with E-state index in [0.717, 1.165) is 11.1 Å². The lowest BCUT2D eigenvalue weighted by molar-refractivity contribution is 0.206. The van der Waals surface area contributed by atoms with Crippen LogP contribution in [0.4, 0.5) is 4.39 Å². The van der Waals surface area contributed by atoms with Crippen molar-refractivity contribution in [1.82, 2.24) is 14.7 Å². The standard InChI is InChI=1S/C17H22FN3O2S/c1-12-6-15(18)13(7-17(12)23-3)10-21-4-5-24(22)11-16(21)14-8-19-20(2)9-14/h6-9,16H,4-5,10-11H2,1-3H3. The second-order valence-electron chi connectivity index (χ2n) is 6.16. The molecule has 2 heterocycles. The summed E-state index contributed by atoms with van der Waals surface area (Å²) < 4.78 is 33.5. The van der Waals surface area contributed by atoms with Crippen LogP contribution in [0, 0.1) is 12.7 Å². The van der Waals surface area contributed by atoms with E-state index in [1.54, 1.807) is 24.1 Å². The Balaban J connectivity index is 1.88. The van der Waals surface area contributed by atoms with E-state index < -0.39 is 10.8 Å². The zero-order chi connectivity index (χ0) is 17.3. The molecule has 2 atom stereocenters. The molecule has 24 heavy (non-hydrogen) atoms. The van der Waals surface area contributed by atoms with Gasteiger partial charge >= 0.3 is 0 Å². The summed E-state index contributed by atoms with van der Waals surface area (Å²) in [6, 6.07) is 3.26. The second kappa shape index (κ2) is 7.03. The summed E-state index contributed by atoms with van der Waals surface area (Å²) in [6.07, 6.45) is 3.73. The van der Waals surface area contributed by atoms with Crippen molar-refractivity contribution in [2.45, 2.75) is 19.5 Å². The SMILES string of the molecule is COc1cc(CN2CCS(=O)CC2c2cnn(C)c2)c(F)cc1C. The Kier molecular flexibility index (Phi) is 5.01. The molecule has 5 nitrogen and oxygen atoms in total. The Bertz CT molecular complexity index is 762. The molecule has 2 aromatic rings. The lowest BCUT2D eigenvalue weighted by Gasteiger charge is -2.35. The molecule has 0 N–H and O–H groups in total. The topological polar surface area (TPSA) is 47.4 Å². The number of hydrogen-bond donors (Lipinski definition) is 0. The molecule has 1 saturated heterocycles. The number of benzene rings is 1. The minimum Gasteiger partial charge on any atom is -0.496 e. The van der Waals surface area contributed by atoms with Gasteiger partial charge in [-0.05, 0) is 24.6 Å². The maximum Gasteiger partial charge on any atom is 0.128 e. The van der Waals surface area contributed by atoms with Crippen LogP contribution in [-0.2, 0) is 24.4 Å². The Morgan fingerprint density at radius 3 is 2.92 bits per heavy atom. The van der Waals surface area contributed by atoms with Gasteiger partial charge in [0.1, 0.15) is 11.6 Å². The van der Waals surface area contributed by atoms with E-state index in [1.807, 2.05) is 20.2 Å². The van der Waals surface area contributed by atoms with Crippen LogP contribution in [0.15, 0.2) is 24.5 Å². The highest BCUT2D eigenvalue weighted by molar-refractivity contribution is 7.85. The van der Waals surface area contributed by atoms with E-state index in [9.17, 15) is 8.60 Å². The van der Waals surface area contributed by atoms with E-state index in [0.29, 0.717) is 35.9 Å². The average Bonchev–Trinajstić information content (AvgIpc) is 2.97. The predicted octanol–water partition coefficient (Wildman–Crippen LogP) is 2.18. The zero-order valence-electron chi connectivity index (χ0n) is 14.2. The van der Waals surface area contributed by atoms with Crippen molar-refractivity contribution in [3.8, 4) is 5.75 Å². The fraction of sp³-hybridized carbons (Fsp3) is 0.471. The first kappa shape index (κ1) is 17.1. The molecule has 1 aromatic heterocycles. The van der Waals surface area contributed by atoms with E-state index >= 15 is 0 Å². The number of methoxy groups -OCH3 is 1. The van der Waals surface area contributed by atoms with Crippen molar-refractivity contribution in [2.24, 2.45) is 7.05 Å². The van der Waals surface area contributed by atoms with Crippen molar-refractivity contribution in [2.75, 3.05) is 25.2 Å². The monoisotopic (exact) mass is 351 g/mol. The van der Waals surface area contributed by atoms with Crippen LogP contribution in [-0.4, -0.2) is 44.0 Å². The molecule has 0 aliphatic carbocycles. The molecule has 1 aliphatic heterocycles. The maximum absolute atomic E-state index is 14.4. The summed E-state index contributed by atoms with van der Waals surface area (Å²) in [5.74, 6) is 1.62. The van der Waals surface area contributed by atoms with Gasteiger partial charge in [-0.15, -0.1) is 0 Å². The molecular weight excluding hydrogens is 329 g/mol. The Hall–Kier alpha value is -1.73. The molecule has 3 rings (SSSR count). The zero-order valence-corrected chi connectivity index (χ0v) is 15.0. The number of aromatic nitrogens is 2. The molecule has 130 valence electrons. The van der Waals surface area contributed by atoms with Crippen LogP contribution in [0.2, 0.25) is 0 Å². The molecule has 1 aliphatic rings. The van der Waals surface area contributed by atoms with Crippen LogP contribution in [0.3, 0.4) is 0 Å². The highest BCUT2D eigenvalue weighted by Crippen LogP contribution is 2.29. The maximum atomic E-state index is 14.4. The third-order valence-electron chi connectivity index (χ3n) is 4.44. The van der Waals surface area contributed by atoms with Crippen molar-refractivity contribution >= 4 is 10.8 Å². The number of ether oxygens (including phenoxy) is 1. The van der Waals surface area contributed by atoms with Gasteiger partial charge in [0.15, 0.2) is 0 Å². The van der Waals surface area contributed by atoms with E-state index in [4.69, 9.17) is 4.74 Å². The van der Waals surface area contributed by atoms with Crippen LogP contribution >= 0.6 is 0 Å². The number of nitrogens with zero attached hydrogens (tertiary/aromatic N) is 3. The Labute approximate surface area is 143 Å². The molecule has 0 bridgehead atoms. The highest BCUT2D eigenvalue weighted by Gasteiger charge is 2.29. The van der Waals surface area contributed by atoms with Crippen molar-refractivity contribution in [3.63, 3.8) is 0 Å². The van der Waals surface area contributed by atoms with Gasteiger partial charge in [0.05, 0.1) is 13.3 Å². The molecule has 0 amide bonds. The summed E-state index contributed by atoms with van der Waals surface area (Å²) in [7, 11) is 2.60. The van der Waals surface area contributed by atoms with Gasteiger partial charge in [-0.3, -0.25) is 13.8 Å². The number of halogens is 1. The lowest BCUT2D eigenvalue weighted by Crippen LogP contribution is -2.40. The molecule has 1 fully saturated rings. The molecule has 2 unspecified atom stereocenters. The first-order valence-electron chi connectivity index (χ1n) is 7.88. The molecule has 7 heteroatoms. The number of hydrogen-bond acceptors (Lipinski definition) is 4. The quantitative estimate of drug-likeness (QED) is 0.847. The van der Waals surface area contributed by atoms with Crippen molar-refractivity contribution in [3.05, 3.63) is 47.0 Å². The fourth-order valence-electron chi connectivity index (χ4n) is 3.10. The minimum absolute atomic E-state index is 0.0139. The van der Waals surface area contributed by atoms with Gasteiger partial charge in [0.2, 0.25) is 0 Å². The van der Waals surface area contributed by atoms with Crippen LogP contribution in [0.25, 0.3) is 0 Å². The van der Waals surface area contributed by atoms with E-state index in [-0.39, 0.29) is 11.9 Å². The molecule has 0 saturated carbocycles. The van der Waals surface area contributed by atoms with Crippen molar-refractivity contribution < 1.29 is 13.3 Å². The van der Waals surface area contributed by atoms with Gasteiger partial charge in [0, 0.05) is 65.8 Å². The number of rotatable bonds is 4. The number of aryl methyl sites for hydroxylation is 2. The third kappa shape index (κ3) is 3.52. The van der Waals surface area contributed by atoms with Crippen LogP contribution in [0.1, 0.15) is 22.7 Å². The highest BCUT2D eigenvalue weighted by atomic mass is 32.2. The average molecular weight is 351 g/mol.